The molecule has 0 rings (SSSR count). The summed E-state index contributed by atoms with van der Waals surface area (Å²) in [6.45, 7) is 2.43. The Morgan fingerprint density at radius 1 is 1.62 bits per heavy atom. The topological polar surface area (TPSA) is 20.2 Å². The van der Waals surface area contributed by atoms with E-state index in [1.54, 1.807) is 0 Å². The van der Waals surface area contributed by atoms with Crippen molar-refractivity contribution in [3.8, 4) is 0 Å². The first-order valence-corrected chi connectivity index (χ1v) is 2.56. The van der Waals surface area contributed by atoms with E-state index < -0.39 is 12.0 Å². The lowest BCUT2D eigenvalue weighted by Crippen LogP contribution is -2.29. The van der Waals surface area contributed by atoms with Crippen molar-refractivity contribution in [2.24, 2.45) is 0 Å². The summed E-state index contributed by atoms with van der Waals surface area (Å²) < 4.78 is 24.1. The lowest BCUT2D eigenvalue weighted by atomic mass is 10.2. The molecule has 0 aliphatic heterocycles. The summed E-state index contributed by atoms with van der Waals surface area (Å²) in [7, 11) is 0. The summed E-state index contributed by atoms with van der Waals surface area (Å²) in [4.78, 5) is 0. The summed E-state index contributed by atoms with van der Waals surface area (Å²) in [5, 5.41) is 8.33. The normalized spacial score (nSPS) is 16.1. The van der Waals surface area contributed by atoms with Crippen molar-refractivity contribution in [2.45, 2.75) is 32.3 Å². The van der Waals surface area contributed by atoms with Crippen molar-refractivity contribution >= 4 is 0 Å². The van der Waals surface area contributed by atoms with Crippen molar-refractivity contribution in [1.82, 2.24) is 0 Å². The molecule has 0 unspecified atom stereocenters. The Kier molecular flexibility index (Phi) is 2.34. The van der Waals surface area contributed by atoms with Crippen molar-refractivity contribution in [3.63, 3.8) is 0 Å². The third kappa shape index (κ3) is 1.74. The zero-order valence-electron chi connectivity index (χ0n) is 4.99. The van der Waals surface area contributed by atoms with Crippen molar-refractivity contribution in [3.05, 3.63) is 0 Å². The van der Waals surface area contributed by atoms with Crippen LogP contribution in [0.25, 0.3) is 0 Å². The highest BCUT2D eigenvalue weighted by molar-refractivity contribution is 4.69. The predicted octanol–water partition coefficient (Wildman–Crippen LogP) is 1.41. The highest BCUT2D eigenvalue weighted by Crippen LogP contribution is 2.21. The van der Waals surface area contributed by atoms with Gasteiger partial charge < -0.3 is 5.11 Å². The second-order valence-corrected chi connectivity index (χ2v) is 1.79. The standard InChI is InChI=1S/C5H10F2O/c1-3-5(6,7)4(2)8/h4,8H,3H2,1-2H3/t4-/m0/s1. The summed E-state index contributed by atoms with van der Waals surface area (Å²) in [5.41, 5.74) is 0. The fraction of sp³-hybridized carbons (Fsp3) is 1.00. The highest BCUT2D eigenvalue weighted by Gasteiger charge is 2.32. The van der Waals surface area contributed by atoms with Crippen molar-refractivity contribution in [2.75, 3.05) is 0 Å². The van der Waals surface area contributed by atoms with Gasteiger partial charge in [-0.25, -0.2) is 8.78 Å². The molecule has 0 heterocycles. The van der Waals surface area contributed by atoms with Crippen LogP contribution in [-0.2, 0) is 0 Å². The Morgan fingerprint density at radius 2 is 2.00 bits per heavy atom. The molecule has 0 aromatic carbocycles. The molecular weight excluding hydrogens is 114 g/mol. The number of rotatable bonds is 2. The molecule has 0 bridgehead atoms. The molecule has 0 amide bonds. The Hall–Kier alpha value is -0.180. The highest BCUT2D eigenvalue weighted by atomic mass is 19.3. The van der Waals surface area contributed by atoms with E-state index in [0.29, 0.717) is 0 Å². The minimum Gasteiger partial charge on any atom is -0.387 e. The number of halogens is 2. The molecule has 0 fully saturated rings. The lowest BCUT2D eigenvalue weighted by Gasteiger charge is -2.15. The van der Waals surface area contributed by atoms with Gasteiger partial charge in [0.05, 0.1) is 0 Å². The molecule has 0 aromatic heterocycles. The fourth-order valence-corrected chi connectivity index (χ4v) is 0.295. The number of hydrogen-bond acceptors (Lipinski definition) is 1. The third-order valence-corrected chi connectivity index (χ3v) is 1.08. The minimum atomic E-state index is -2.90. The molecule has 1 nitrogen and oxygen atoms in total. The molecule has 0 saturated heterocycles. The molecule has 0 spiro atoms. The maximum Gasteiger partial charge on any atom is 0.272 e. The van der Waals surface area contributed by atoms with Gasteiger partial charge in [-0.15, -0.1) is 0 Å². The van der Waals surface area contributed by atoms with Gasteiger partial charge in [0.25, 0.3) is 5.92 Å². The summed E-state index contributed by atoms with van der Waals surface area (Å²) in [6.07, 6.45) is -1.82. The van der Waals surface area contributed by atoms with Crippen LogP contribution in [0.3, 0.4) is 0 Å². The fourth-order valence-electron chi connectivity index (χ4n) is 0.295. The van der Waals surface area contributed by atoms with Gasteiger partial charge in [-0.1, -0.05) is 6.92 Å². The zero-order chi connectivity index (χ0) is 6.78. The molecule has 1 atom stereocenters. The van der Waals surface area contributed by atoms with Crippen LogP contribution in [-0.4, -0.2) is 17.1 Å². The minimum absolute atomic E-state index is 0.301. The van der Waals surface area contributed by atoms with Gasteiger partial charge in [0.1, 0.15) is 6.10 Å². The Labute approximate surface area is 47.3 Å². The molecule has 50 valence electrons. The Morgan fingerprint density at radius 3 is 2.00 bits per heavy atom. The van der Waals surface area contributed by atoms with E-state index in [9.17, 15) is 8.78 Å². The Balaban J connectivity index is 3.71. The molecule has 0 aliphatic rings. The molecule has 0 aromatic rings. The first-order chi connectivity index (χ1) is 3.50. The van der Waals surface area contributed by atoms with Gasteiger partial charge in [0, 0.05) is 6.42 Å². The molecule has 0 saturated carbocycles. The van der Waals surface area contributed by atoms with E-state index in [4.69, 9.17) is 5.11 Å². The second-order valence-electron chi connectivity index (χ2n) is 1.79. The lowest BCUT2D eigenvalue weighted by molar-refractivity contribution is -0.101. The molecule has 8 heavy (non-hydrogen) atoms. The largest absolute Gasteiger partial charge is 0.387 e. The average molecular weight is 124 g/mol. The smallest absolute Gasteiger partial charge is 0.272 e. The molecule has 3 heteroatoms. The van der Waals surface area contributed by atoms with Crippen LogP contribution in [0.5, 0.6) is 0 Å². The van der Waals surface area contributed by atoms with Crippen molar-refractivity contribution in [1.29, 1.82) is 0 Å². The average Bonchev–Trinajstić information content (AvgIpc) is 1.67. The summed E-state index contributed by atoms with van der Waals surface area (Å²) >= 11 is 0. The van der Waals surface area contributed by atoms with Crippen LogP contribution in [0.1, 0.15) is 20.3 Å². The second kappa shape index (κ2) is 2.40. The van der Waals surface area contributed by atoms with Gasteiger partial charge in [-0.2, -0.15) is 0 Å². The summed E-state index contributed by atoms with van der Waals surface area (Å²) in [6, 6.07) is 0. The maximum atomic E-state index is 12.0. The number of aliphatic hydroxyl groups excluding tert-OH is 1. The van der Waals surface area contributed by atoms with E-state index in [1.807, 2.05) is 0 Å². The number of alkyl halides is 2. The van der Waals surface area contributed by atoms with Gasteiger partial charge in [-0.3, -0.25) is 0 Å². The van der Waals surface area contributed by atoms with Gasteiger partial charge in [0.15, 0.2) is 0 Å². The third-order valence-electron chi connectivity index (χ3n) is 1.08. The van der Waals surface area contributed by atoms with Gasteiger partial charge in [0.2, 0.25) is 0 Å². The van der Waals surface area contributed by atoms with E-state index in [0.717, 1.165) is 6.92 Å². The Bertz CT molecular complexity index is 70.8. The molecule has 0 aliphatic carbocycles. The van der Waals surface area contributed by atoms with Crippen LogP contribution >= 0.6 is 0 Å². The van der Waals surface area contributed by atoms with Crippen LogP contribution in [0.15, 0.2) is 0 Å². The molecular formula is C5H10F2O. The van der Waals surface area contributed by atoms with E-state index in [-0.39, 0.29) is 6.42 Å². The van der Waals surface area contributed by atoms with E-state index >= 15 is 0 Å². The van der Waals surface area contributed by atoms with Crippen molar-refractivity contribution < 1.29 is 13.9 Å². The van der Waals surface area contributed by atoms with E-state index in [1.165, 1.54) is 6.92 Å². The molecule has 1 N–H and O–H groups in total. The zero-order valence-corrected chi connectivity index (χ0v) is 4.99. The summed E-state index contributed by atoms with van der Waals surface area (Å²) in [5.74, 6) is -2.90. The molecule has 0 radical (unpaired) electrons. The van der Waals surface area contributed by atoms with Crippen LogP contribution in [0.4, 0.5) is 8.78 Å². The van der Waals surface area contributed by atoms with E-state index in [2.05, 4.69) is 0 Å². The number of hydrogen-bond donors (Lipinski definition) is 1. The van der Waals surface area contributed by atoms with Crippen LogP contribution < -0.4 is 0 Å². The predicted molar refractivity (Wildman–Crippen MR) is 26.9 cm³/mol. The van der Waals surface area contributed by atoms with Crippen LogP contribution in [0, 0.1) is 0 Å². The van der Waals surface area contributed by atoms with Crippen LogP contribution in [0.2, 0.25) is 0 Å². The maximum absolute atomic E-state index is 12.0. The SMILES string of the molecule is CCC(F)(F)[C@H](C)O. The number of aliphatic hydroxyl groups is 1. The van der Waals surface area contributed by atoms with Gasteiger partial charge >= 0.3 is 0 Å². The first-order valence-electron chi connectivity index (χ1n) is 2.56. The first kappa shape index (κ1) is 7.82. The quantitative estimate of drug-likeness (QED) is 0.590. The monoisotopic (exact) mass is 124 g/mol. The van der Waals surface area contributed by atoms with Gasteiger partial charge in [-0.05, 0) is 6.92 Å².